The molecule has 0 aromatic heterocycles. The van der Waals surface area contributed by atoms with Crippen molar-refractivity contribution in [3.8, 4) is 0 Å². The predicted molar refractivity (Wildman–Crippen MR) is 98.7 cm³/mol. The van der Waals surface area contributed by atoms with Gasteiger partial charge >= 0.3 is 6.03 Å². The van der Waals surface area contributed by atoms with Gasteiger partial charge in [0.05, 0.1) is 5.69 Å². The molecule has 1 unspecified atom stereocenters. The Morgan fingerprint density at radius 3 is 2.56 bits per heavy atom. The van der Waals surface area contributed by atoms with Crippen LogP contribution in [-0.4, -0.2) is 29.3 Å². The van der Waals surface area contributed by atoms with E-state index in [4.69, 9.17) is 11.6 Å². The number of nitrogens with zero attached hydrogens (tertiary/aromatic N) is 1. The zero-order chi connectivity index (χ0) is 19.6. The van der Waals surface area contributed by atoms with Gasteiger partial charge in [-0.15, -0.1) is 0 Å². The van der Waals surface area contributed by atoms with Crippen LogP contribution in [0.1, 0.15) is 18.9 Å². The van der Waals surface area contributed by atoms with E-state index in [1.807, 2.05) is 0 Å². The molecule has 1 heterocycles. The topological polar surface area (TPSA) is 78.5 Å². The molecule has 6 nitrogen and oxygen atoms in total. The van der Waals surface area contributed by atoms with Gasteiger partial charge in [0.25, 0.3) is 5.91 Å². The first kappa shape index (κ1) is 18.8. The van der Waals surface area contributed by atoms with Crippen molar-refractivity contribution in [1.29, 1.82) is 0 Å². The van der Waals surface area contributed by atoms with Gasteiger partial charge in [-0.3, -0.25) is 14.5 Å². The van der Waals surface area contributed by atoms with Crippen molar-refractivity contribution in [1.82, 2.24) is 10.2 Å². The molecule has 140 valence electrons. The Bertz CT molecular complexity index is 906. The first-order valence-corrected chi connectivity index (χ1v) is 8.69. The van der Waals surface area contributed by atoms with Crippen molar-refractivity contribution < 1.29 is 18.8 Å². The van der Waals surface area contributed by atoms with Crippen molar-refractivity contribution in [3.63, 3.8) is 0 Å². The second-order valence-corrected chi connectivity index (χ2v) is 6.56. The fourth-order valence-corrected chi connectivity index (χ4v) is 3.21. The highest BCUT2D eigenvalue weighted by Crippen LogP contribution is 2.32. The average molecular weight is 390 g/mol. The van der Waals surface area contributed by atoms with Crippen LogP contribution >= 0.6 is 11.6 Å². The molecule has 2 aromatic rings. The molecule has 0 saturated carbocycles. The molecular weight excluding hydrogens is 373 g/mol. The molecule has 2 N–H and O–H groups in total. The van der Waals surface area contributed by atoms with E-state index < -0.39 is 35.7 Å². The minimum atomic E-state index is -1.22. The van der Waals surface area contributed by atoms with Gasteiger partial charge in [-0.05, 0) is 30.2 Å². The van der Waals surface area contributed by atoms with Crippen LogP contribution in [0.4, 0.5) is 14.9 Å². The monoisotopic (exact) mass is 389 g/mol. The number of anilines is 1. The Morgan fingerprint density at radius 1 is 1.22 bits per heavy atom. The lowest BCUT2D eigenvalue weighted by Gasteiger charge is -2.25. The van der Waals surface area contributed by atoms with Crippen LogP contribution in [0.2, 0.25) is 5.02 Å². The Hall–Kier alpha value is -2.93. The summed E-state index contributed by atoms with van der Waals surface area (Å²) < 4.78 is 13.8. The van der Waals surface area contributed by atoms with Crippen LogP contribution < -0.4 is 10.6 Å². The van der Waals surface area contributed by atoms with Crippen molar-refractivity contribution in [3.05, 3.63) is 64.9 Å². The van der Waals surface area contributed by atoms with E-state index in [1.54, 1.807) is 37.3 Å². The quantitative estimate of drug-likeness (QED) is 0.770. The third-order valence-electron chi connectivity index (χ3n) is 4.48. The third kappa shape index (κ3) is 3.50. The molecule has 3 rings (SSSR count). The number of halogens is 2. The van der Waals surface area contributed by atoms with Crippen molar-refractivity contribution in [2.45, 2.75) is 18.9 Å². The number of hydrogen-bond donors (Lipinski definition) is 2. The smallest absolute Gasteiger partial charge is 0.322 e. The fourth-order valence-electron chi connectivity index (χ4n) is 3.06. The number of benzene rings is 2. The maximum atomic E-state index is 13.8. The fraction of sp³-hybridized carbons (Fsp3) is 0.211. The maximum Gasteiger partial charge on any atom is 0.325 e. The summed E-state index contributed by atoms with van der Waals surface area (Å²) in [6.45, 7) is 1.25. The number of carbonyl (C=O) groups excluding carboxylic acids is 3. The van der Waals surface area contributed by atoms with Crippen LogP contribution in [0.5, 0.6) is 0 Å². The Morgan fingerprint density at radius 2 is 1.93 bits per heavy atom. The number of imide groups is 1. The van der Waals surface area contributed by atoms with E-state index in [2.05, 4.69) is 10.6 Å². The van der Waals surface area contributed by atoms with Gasteiger partial charge in [-0.25, -0.2) is 9.18 Å². The minimum Gasteiger partial charge on any atom is -0.322 e. The van der Waals surface area contributed by atoms with E-state index in [9.17, 15) is 18.8 Å². The van der Waals surface area contributed by atoms with Gasteiger partial charge in [-0.1, -0.05) is 48.9 Å². The summed E-state index contributed by atoms with van der Waals surface area (Å²) in [6.07, 6.45) is 0.325. The van der Waals surface area contributed by atoms with Gasteiger partial charge in [0.15, 0.2) is 0 Å². The number of hydrogen-bond acceptors (Lipinski definition) is 3. The molecule has 1 aliphatic heterocycles. The number of amides is 4. The molecule has 0 bridgehead atoms. The van der Waals surface area contributed by atoms with Gasteiger partial charge < -0.3 is 10.6 Å². The second-order valence-electron chi connectivity index (χ2n) is 6.12. The zero-order valence-electron chi connectivity index (χ0n) is 14.5. The van der Waals surface area contributed by atoms with Crippen LogP contribution in [0.15, 0.2) is 48.5 Å². The molecule has 2 aromatic carbocycles. The second kappa shape index (κ2) is 7.36. The lowest BCUT2D eigenvalue weighted by atomic mass is 9.87. The Labute approximate surface area is 160 Å². The van der Waals surface area contributed by atoms with Crippen molar-refractivity contribution in [2.24, 2.45) is 0 Å². The van der Waals surface area contributed by atoms with Gasteiger partial charge in [-0.2, -0.15) is 0 Å². The maximum absolute atomic E-state index is 13.8. The van der Waals surface area contributed by atoms with Gasteiger partial charge in [0.1, 0.15) is 17.9 Å². The molecule has 0 aliphatic carbocycles. The van der Waals surface area contributed by atoms with Gasteiger partial charge in [0.2, 0.25) is 5.91 Å². The summed E-state index contributed by atoms with van der Waals surface area (Å²) in [5, 5.41) is 5.22. The summed E-state index contributed by atoms with van der Waals surface area (Å²) in [7, 11) is 0. The highest BCUT2D eigenvalue weighted by molar-refractivity contribution is 6.30. The molecule has 1 fully saturated rings. The molecular formula is C19H17ClFN3O3. The van der Waals surface area contributed by atoms with Crippen molar-refractivity contribution in [2.75, 3.05) is 11.9 Å². The van der Waals surface area contributed by atoms with E-state index in [1.165, 1.54) is 12.1 Å². The van der Waals surface area contributed by atoms with E-state index in [0.29, 0.717) is 12.0 Å². The zero-order valence-corrected chi connectivity index (χ0v) is 15.2. The summed E-state index contributed by atoms with van der Waals surface area (Å²) >= 11 is 5.68. The molecule has 8 heteroatoms. The molecule has 1 saturated heterocycles. The normalized spacial score (nSPS) is 19.1. The minimum absolute atomic E-state index is 0.0822. The summed E-state index contributed by atoms with van der Waals surface area (Å²) in [6, 6.07) is 12.0. The number of urea groups is 1. The van der Waals surface area contributed by atoms with E-state index in [-0.39, 0.29) is 10.7 Å². The largest absolute Gasteiger partial charge is 0.325 e. The first-order valence-electron chi connectivity index (χ1n) is 8.32. The average Bonchev–Trinajstić information content (AvgIpc) is 2.90. The predicted octanol–water partition coefficient (Wildman–Crippen LogP) is 3.27. The number of carbonyl (C=O) groups is 3. The Kier molecular flexibility index (Phi) is 5.14. The first-order chi connectivity index (χ1) is 12.9. The highest BCUT2D eigenvalue weighted by Gasteiger charge is 2.51. The highest BCUT2D eigenvalue weighted by atomic mass is 35.5. The lowest BCUT2D eigenvalue weighted by Crippen LogP contribution is -2.44. The molecule has 4 amide bonds. The van der Waals surface area contributed by atoms with Crippen LogP contribution in [0, 0.1) is 5.82 Å². The molecule has 0 spiro atoms. The molecule has 27 heavy (non-hydrogen) atoms. The van der Waals surface area contributed by atoms with Crippen LogP contribution in [0.3, 0.4) is 0 Å². The molecule has 0 radical (unpaired) electrons. The summed E-state index contributed by atoms with van der Waals surface area (Å²) in [5.41, 5.74) is -0.664. The lowest BCUT2D eigenvalue weighted by molar-refractivity contribution is -0.134. The third-order valence-corrected chi connectivity index (χ3v) is 4.71. The van der Waals surface area contributed by atoms with E-state index in [0.717, 1.165) is 11.0 Å². The summed E-state index contributed by atoms with van der Waals surface area (Å²) in [5.74, 6) is -1.92. The molecule has 1 atom stereocenters. The number of rotatable bonds is 5. The standard InChI is InChI=1S/C19H17ClFN3O3/c1-2-19(12-6-4-3-5-7-12)17(26)24(18(27)23-19)11-16(25)22-15-9-8-13(20)10-14(15)21/h3-10H,2,11H2,1H3,(H,22,25)(H,23,27). The van der Waals surface area contributed by atoms with Crippen LogP contribution in [-0.2, 0) is 15.1 Å². The SMILES string of the molecule is CCC1(c2ccccc2)NC(=O)N(CC(=O)Nc2ccc(Cl)cc2F)C1=O. The number of nitrogens with one attached hydrogen (secondary N) is 2. The van der Waals surface area contributed by atoms with Crippen molar-refractivity contribution >= 4 is 35.1 Å². The Balaban J connectivity index is 1.78. The van der Waals surface area contributed by atoms with Gasteiger partial charge in [0, 0.05) is 5.02 Å². The molecule has 1 aliphatic rings. The summed E-state index contributed by atoms with van der Waals surface area (Å²) in [4.78, 5) is 38.4. The van der Waals surface area contributed by atoms with E-state index >= 15 is 0 Å². The van der Waals surface area contributed by atoms with Crippen LogP contribution in [0.25, 0.3) is 0 Å².